The highest BCUT2D eigenvalue weighted by Crippen LogP contribution is 2.27. The molecule has 1 aliphatic heterocycles. The number of piperidine rings is 1. The Morgan fingerprint density at radius 2 is 1.93 bits per heavy atom. The lowest BCUT2D eigenvalue weighted by molar-refractivity contribution is 0.0951. The summed E-state index contributed by atoms with van der Waals surface area (Å²) in [7, 11) is 0. The molecule has 27 heavy (non-hydrogen) atoms. The first-order valence-corrected chi connectivity index (χ1v) is 9.69. The molecular weight excluding hydrogens is 362 g/mol. The molecule has 138 valence electrons. The first kappa shape index (κ1) is 17.4. The molecule has 0 aliphatic carbocycles. The number of benzene rings is 1. The summed E-state index contributed by atoms with van der Waals surface area (Å²) in [5.74, 6) is -0.466. The van der Waals surface area contributed by atoms with E-state index in [0.717, 1.165) is 18.0 Å². The number of aromatic nitrogens is 2. The molecule has 0 unspecified atom stereocenters. The number of hydrazone groups is 1. The molecule has 0 radical (unpaired) electrons. The van der Waals surface area contributed by atoms with E-state index < -0.39 is 5.91 Å². The first-order chi connectivity index (χ1) is 13.2. The molecule has 7 nitrogen and oxygen atoms in total. The normalized spacial score (nSPS) is 14.7. The van der Waals surface area contributed by atoms with Gasteiger partial charge in [0.2, 0.25) is 0 Å². The van der Waals surface area contributed by atoms with Crippen molar-refractivity contribution in [3.05, 3.63) is 57.3 Å². The minimum absolute atomic E-state index is 0.141. The Balaban J connectivity index is 1.46. The Morgan fingerprint density at radius 1 is 1.15 bits per heavy atom. The van der Waals surface area contributed by atoms with Gasteiger partial charge in [-0.25, -0.2) is 10.5 Å². The van der Waals surface area contributed by atoms with Gasteiger partial charge in [0, 0.05) is 23.4 Å². The lowest BCUT2D eigenvalue weighted by atomic mass is 10.1. The highest BCUT2D eigenvalue weighted by Gasteiger charge is 2.14. The van der Waals surface area contributed by atoms with Gasteiger partial charge in [-0.3, -0.25) is 9.59 Å². The molecule has 3 aromatic rings. The van der Waals surface area contributed by atoms with E-state index in [2.05, 4.69) is 31.7 Å². The van der Waals surface area contributed by atoms with Crippen LogP contribution in [0, 0.1) is 0 Å². The topological polar surface area (TPSA) is 90.4 Å². The SMILES string of the molecule is O=C(N/N=C\c1ccc(N2CCCCC2)s1)c1n[nH]c(=O)c2ccccc12. The first-order valence-electron chi connectivity index (χ1n) is 8.88. The van der Waals surface area contributed by atoms with Crippen LogP contribution in [0.3, 0.4) is 0 Å². The zero-order valence-electron chi connectivity index (χ0n) is 14.6. The second-order valence-electron chi connectivity index (χ2n) is 6.37. The van der Waals surface area contributed by atoms with Crippen molar-refractivity contribution >= 4 is 39.2 Å². The monoisotopic (exact) mass is 381 g/mol. The number of carbonyl (C=O) groups excluding carboxylic acids is 1. The number of nitrogens with zero attached hydrogens (tertiary/aromatic N) is 3. The van der Waals surface area contributed by atoms with Gasteiger partial charge >= 0.3 is 0 Å². The largest absolute Gasteiger partial charge is 0.363 e. The van der Waals surface area contributed by atoms with Gasteiger partial charge in [-0.05, 0) is 37.5 Å². The van der Waals surface area contributed by atoms with Gasteiger partial charge in [0.05, 0.1) is 16.6 Å². The van der Waals surface area contributed by atoms with Crippen molar-refractivity contribution in [2.75, 3.05) is 18.0 Å². The van der Waals surface area contributed by atoms with E-state index in [1.54, 1.807) is 41.8 Å². The molecule has 0 bridgehead atoms. The van der Waals surface area contributed by atoms with Gasteiger partial charge in [-0.2, -0.15) is 10.2 Å². The van der Waals surface area contributed by atoms with Crippen LogP contribution in [0.15, 0.2) is 46.3 Å². The van der Waals surface area contributed by atoms with Crippen LogP contribution in [0.1, 0.15) is 34.6 Å². The predicted molar refractivity (Wildman–Crippen MR) is 108 cm³/mol. The highest BCUT2D eigenvalue weighted by atomic mass is 32.1. The summed E-state index contributed by atoms with van der Waals surface area (Å²) in [5, 5.41) is 12.4. The average Bonchev–Trinajstić information content (AvgIpc) is 3.18. The van der Waals surface area contributed by atoms with Crippen LogP contribution in [0.4, 0.5) is 5.00 Å². The second kappa shape index (κ2) is 7.71. The summed E-state index contributed by atoms with van der Waals surface area (Å²) >= 11 is 1.65. The van der Waals surface area contributed by atoms with Crippen LogP contribution in [0.2, 0.25) is 0 Å². The van der Waals surface area contributed by atoms with Crippen LogP contribution in [-0.2, 0) is 0 Å². The summed E-state index contributed by atoms with van der Waals surface area (Å²) in [6.45, 7) is 2.19. The minimum atomic E-state index is -0.466. The number of amides is 1. The lowest BCUT2D eigenvalue weighted by Gasteiger charge is -2.27. The van der Waals surface area contributed by atoms with E-state index in [4.69, 9.17) is 0 Å². The maximum absolute atomic E-state index is 12.4. The molecule has 3 heterocycles. The fraction of sp³-hybridized carbons (Fsp3) is 0.263. The molecule has 1 amide bonds. The maximum atomic E-state index is 12.4. The van der Waals surface area contributed by atoms with E-state index in [1.807, 2.05) is 6.07 Å². The number of carbonyl (C=O) groups is 1. The Kier molecular flexibility index (Phi) is 4.97. The molecule has 1 fully saturated rings. The number of hydrogen-bond donors (Lipinski definition) is 2. The van der Waals surface area contributed by atoms with E-state index in [0.29, 0.717) is 10.8 Å². The maximum Gasteiger partial charge on any atom is 0.292 e. The fourth-order valence-corrected chi connectivity index (χ4v) is 4.12. The number of fused-ring (bicyclic) bond motifs is 1. The number of nitrogens with one attached hydrogen (secondary N) is 2. The summed E-state index contributed by atoms with van der Waals surface area (Å²) in [6.07, 6.45) is 5.40. The zero-order valence-corrected chi connectivity index (χ0v) is 15.5. The molecule has 2 N–H and O–H groups in total. The average molecular weight is 381 g/mol. The van der Waals surface area contributed by atoms with Crippen molar-refractivity contribution in [1.82, 2.24) is 15.6 Å². The van der Waals surface area contributed by atoms with Crippen LogP contribution in [-0.4, -0.2) is 35.4 Å². The summed E-state index contributed by atoms with van der Waals surface area (Å²) < 4.78 is 0. The standard InChI is InChI=1S/C19H19N5O2S/c25-18-15-7-3-2-6-14(15)17(21-23-18)19(26)22-20-12-13-8-9-16(27-13)24-10-4-1-5-11-24/h2-3,6-9,12H,1,4-5,10-11H2,(H,22,26)(H,23,25)/b20-12-. The van der Waals surface area contributed by atoms with Crippen LogP contribution in [0.5, 0.6) is 0 Å². The van der Waals surface area contributed by atoms with Gasteiger partial charge < -0.3 is 4.90 Å². The van der Waals surface area contributed by atoms with E-state index in [9.17, 15) is 9.59 Å². The fourth-order valence-electron chi connectivity index (χ4n) is 3.19. The Morgan fingerprint density at radius 3 is 2.74 bits per heavy atom. The third kappa shape index (κ3) is 3.75. The van der Waals surface area contributed by atoms with Crippen molar-refractivity contribution in [3.8, 4) is 0 Å². The number of thiophene rings is 1. The summed E-state index contributed by atoms with van der Waals surface area (Å²) in [6, 6.07) is 10.9. The second-order valence-corrected chi connectivity index (χ2v) is 7.46. The summed E-state index contributed by atoms with van der Waals surface area (Å²) in [5.41, 5.74) is 2.30. The van der Waals surface area contributed by atoms with E-state index in [-0.39, 0.29) is 11.3 Å². The lowest BCUT2D eigenvalue weighted by Crippen LogP contribution is -2.28. The molecule has 0 atom stereocenters. The molecule has 0 saturated carbocycles. The van der Waals surface area contributed by atoms with Crippen molar-refractivity contribution in [2.24, 2.45) is 5.10 Å². The number of rotatable bonds is 4. The van der Waals surface area contributed by atoms with Crippen LogP contribution < -0.4 is 15.9 Å². The number of H-pyrrole nitrogens is 1. The number of aromatic amines is 1. The minimum Gasteiger partial charge on any atom is -0.363 e. The van der Waals surface area contributed by atoms with Gasteiger partial charge in [-0.1, -0.05) is 18.2 Å². The van der Waals surface area contributed by atoms with Crippen molar-refractivity contribution in [3.63, 3.8) is 0 Å². The predicted octanol–water partition coefficient (Wildman–Crippen LogP) is 2.74. The molecule has 1 aromatic carbocycles. The van der Waals surface area contributed by atoms with Crippen LogP contribution in [0.25, 0.3) is 10.8 Å². The quantitative estimate of drug-likeness (QED) is 0.537. The van der Waals surface area contributed by atoms with Crippen molar-refractivity contribution in [1.29, 1.82) is 0 Å². The molecular formula is C19H19N5O2S. The van der Waals surface area contributed by atoms with E-state index >= 15 is 0 Å². The zero-order chi connectivity index (χ0) is 18.6. The molecule has 4 rings (SSSR count). The van der Waals surface area contributed by atoms with Crippen molar-refractivity contribution < 1.29 is 4.79 Å². The third-order valence-electron chi connectivity index (χ3n) is 4.55. The number of hydrogen-bond acceptors (Lipinski definition) is 6. The highest BCUT2D eigenvalue weighted by molar-refractivity contribution is 7.17. The van der Waals surface area contributed by atoms with E-state index in [1.165, 1.54) is 24.3 Å². The Bertz CT molecular complexity index is 1050. The van der Waals surface area contributed by atoms with Gasteiger partial charge in [0.15, 0.2) is 5.69 Å². The smallest absolute Gasteiger partial charge is 0.292 e. The van der Waals surface area contributed by atoms with Gasteiger partial charge in [0.25, 0.3) is 11.5 Å². The molecule has 0 spiro atoms. The molecule has 1 saturated heterocycles. The van der Waals surface area contributed by atoms with Crippen molar-refractivity contribution in [2.45, 2.75) is 19.3 Å². The molecule has 1 aliphatic rings. The van der Waals surface area contributed by atoms with Gasteiger partial charge in [-0.15, -0.1) is 11.3 Å². The van der Waals surface area contributed by atoms with Crippen LogP contribution >= 0.6 is 11.3 Å². The third-order valence-corrected chi connectivity index (χ3v) is 5.63. The molecule has 8 heteroatoms. The Labute approximate surface area is 159 Å². The Hall–Kier alpha value is -3.00. The summed E-state index contributed by atoms with van der Waals surface area (Å²) in [4.78, 5) is 27.6. The number of anilines is 1. The van der Waals surface area contributed by atoms with Gasteiger partial charge in [0.1, 0.15) is 0 Å². The molecule has 2 aromatic heterocycles.